The summed E-state index contributed by atoms with van der Waals surface area (Å²) in [5, 5.41) is 1.72. The lowest BCUT2D eigenvalue weighted by Gasteiger charge is -2.17. The molecule has 0 aromatic carbocycles. The fraction of sp³-hybridized carbons (Fsp3) is 0.500. The molecule has 0 bridgehead atoms. The Balaban J connectivity index is 0.000000257. The summed E-state index contributed by atoms with van der Waals surface area (Å²) < 4.78 is 4.15. The SMILES string of the molecule is CC1CCc2c(sc3ncnc(Cl)c23)C1.CCOC=O. The van der Waals surface area contributed by atoms with Crippen LogP contribution in [0.5, 0.6) is 0 Å². The molecule has 2 heterocycles. The monoisotopic (exact) mass is 312 g/mol. The van der Waals surface area contributed by atoms with Crippen LogP contribution in [0.1, 0.15) is 30.7 Å². The van der Waals surface area contributed by atoms with E-state index in [1.807, 2.05) is 0 Å². The van der Waals surface area contributed by atoms with Crippen molar-refractivity contribution in [2.45, 2.75) is 33.1 Å². The molecule has 2 aromatic rings. The van der Waals surface area contributed by atoms with Crippen LogP contribution in [0.2, 0.25) is 5.15 Å². The smallest absolute Gasteiger partial charge is 0.293 e. The van der Waals surface area contributed by atoms with Gasteiger partial charge in [-0.25, -0.2) is 9.97 Å². The average molecular weight is 313 g/mol. The Morgan fingerprint density at radius 2 is 2.35 bits per heavy atom. The number of rotatable bonds is 2. The highest BCUT2D eigenvalue weighted by Gasteiger charge is 2.22. The summed E-state index contributed by atoms with van der Waals surface area (Å²) in [6, 6.07) is 0. The lowest BCUT2D eigenvalue weighted by Crippen LogP contribution is -2.08. The Morgan fingerprint density at radius 3 is 3.00 bits per heavy atom. The van der Waals surface area contributed by atoms with Crippen molar-refractivity contribution in [3.8, 4) is 0 Å². The molecule has 0 amide bonds. The highest BCUT2D eigenvalue weighted by atomic mass is 35.5. The summed E-state index contributed by atoms with van der Waals surface area (Å²) in [7, 11) is 0. The van der Waals surface area contributed by atoms with Crippen molar-refractivity contribution in [1.82, 2.24) is 9.97 Å². The maximum atomic E-state index is 9.18. The van der Waals surface area contributed by atoms with Crippen LogP contribution in [0.4, 0.5) is 0 Å². The van der Waals surface area contributed by atoms with Crippen molar-refractivity contribution < 1.29 is 9.53 Å². The van der Waals surface area contributed by atoms with Gasteiger partial charge in [0.25, 0.3) is 6.47 Å². The van der Waals surface area contributed by atoms with E-state index in [4.69, 9.17) is 11.6 Å². The molecular weight excluding hydrogens is 296 g/mol. The maximum absolute atomic E-state index is 9.18. The first kappa shape index (κ1) is 15.2. The molecule has 0 fully saturated rings. The summed E-state index contributed by atoms with van der Waals surface area (Å²) in [5.74, 6) is 0.789. The molecule has 0 N–H and O–H groups in total. The third-order valence-corrected chi connectivity index (χ3v) is 4.73. The fourth-order valence-electron chi connectivity index (χ4n) is 2.30. The number of thiophene rings is 1. The van der Waals surface area contributed by atoms with Crippen molar-refractivity contribution in [1.29, 1.82) is 0 Å². The molecule has 1 aliphatic carbocycles. The minimum atomic E-state index is 0.431. The molecule has 1 aliphatic rings. The number of carbonyl (C=O) groups excluding carboxylic acids is 1. The van der Waals surface area contributed by atoms with Crippen molar-refractivity contribution in [2.24, 2.45) is 5.92 Å². The number of hydrogen-bond donors (Lipinski definition) is 0. The van der Waals surface area contributed by atoms with Gasteiger partial charge < -0.3 is 4.74 Å². The second-order valence-corrected chi connectivity index (χ2v) is 6.19. The van der Waals surface area contributed by atoms with Gasteiger partial charge in [-0.05, 0) is 37.7 Å². The first-order chi connectivity index (χ1) is 9.67. The summed E-state index contributed by atoms with van der Waals surface area (Å²) in [6.07, 6.45) is 5.11. The van der Waals surface area contributed by atoms with Crippen molar-refractivity contribution in [3.05, 3.63) is 21.9 Å². The van der Waals surface area contributed by atoms with Crippen LogP contribution in [0.3, 0.4) is 0 Å². The maximum Gasteiger partial charge on any atom is 0.293 e. The van der Waals surface area contributed by atoms with Crippen LogP contribution in [0.15, 0.2) is 6.33 Å². The molecule has 0 saturated heterocycles. The standard InChI is InChI=1S/C11H11ClN2S.C3H6O2/c1-6-2-3-7-8(4-6)15-11-9(7)10(12)13-5-14-11;1-2-5-3-4/h5-6H,2-4H2,1H3;3H,2H2,1H3. The van der Waals surface area contributed by atoms with E-state index in [0.717, 1.165) is 22.6 Å². The molecule has 1 unspecified atom stereocenters. The predicted octanol–water partition coefficient (Wildman–Crippen LogP) is 3.65. The summed E-state index contributed by atoms with van der Waals surface area (Å²) >= 11 is 7.91. The summed E-state index contributed by atoms with van der Waals surface area (Å²) in [4.78, 5) is 20.1. The molecule has 0 saturated carbocycles. The van der Waals surface area contributed by atoms with E-state index >= 15 is 0 Å². The number of nitrogens with zero attached hydrogens (tertiary/aromatic N) is 2. The predicted molar refractivity (Wildman–Crippen MR) is 81.3 cm³/mol. The van der Waals surface area contributed by atoms with E-state index < -0.39 is 0 Å². The molecule has 0 spiro atoms. The molecule has 2 aromatic heterocycles. The zero-order valence-corrected chi connectivity index (χ0v) is 13.1. The largest absolute Gasteiger partial charge is 0.468 e. The second-order valence-electron chi connectivity index (χ2n) is 4.75. The van der Waals surface area contributed by atoms with Gasteiger partial charge in [0.15, 0.2) is 0 Å². The first-order valence-corrected chi connectivity index (χ1v) is 7.82. The number of carbonyl (C=O) groups is 1. The first-order valence-electron chi connectivity index (χ1n) is 6.63. The highest BCUT2D eigenvalue weighted by Crippen LogP contribution is 2.39. The van der Waals surface area contributed by atoms with E-state index in [2.05, 4.69) is 21.6 Å². The van der Waals surface area contributed by atoms with Crippen LogP contribution >= 0.6 is 22.9 Å². The second kappa shape index (κ2) is 6.99. The molecule has 6 heteroatoms. The van der Waals surface area contributed by atoms with Crippen molar-refractivity contribution in [3.63, 3.8) is 0 Å². The lowest BCUT2D eigenvalue weighted by atomic mass is 9.89. The Labute approximate surface area is 127 Å². The third-order valence-electron chi connectivity index (χ3n) is 3.28. The number of aryl methyl sites for hydroxylation is 1. The summed E-state index contributed by atoms with van der Waals surface area (Å²) in [6.45, 7) is 4.97. The van der Waals surface area contributed by atoms with Gasteiger partial charge in [0.05, 0.1) is 12.0 Å². The molecule has 3 rings (SSSR count). The van der Waals surface area contributed by atoms with Crippen LogP contribution in [-0.2, 0) is 22.4 Å². The Morgan fingerprint density at radius 1 is 1.55 bits per heavy atom. The minimum Gasteiger partial charge on any atom is -0.468 e. The third kappa shape index (κ3) is 3.27. The molecule has 0 radical (unpaired) electrons. The fourth-order valence-corrected chi connectivity index (χ4v) is 3.96. The Hall–Kier alpha value is -1.20. The number of aromatic nitrogens is 2. The van der Waals surface area contributed by atoms with Crippen LogP contribution in [-0.4, -0.2) is 23.0 Å². The van der Waals surface area contributed by atoms with Gasteiger partial charge in [0, 0.05) is 4.88 Å². The van der Waals surface area contributed by atoms with Gasteiger partial charge in [-0.2, -0.15) is 0 Å². The zero-order chi connectivity index (χ0) is 14.5. The van der Waals surface area contributed by atoms with Crippen LogP contribution in [0, 0.1) is 5.92 Å². The average Bonchev–Trinajstić information content (AvgIpc) is 2.79. The van der Waals surface area contributed by atoms with E-state index in [1.165, 1.54) is 23.3 Å². The number of fused-ring (bicyclic) bond motifs is 3. The van der Waals surface area contributed by atoms with E-state index in [0.29, 0.717) is 18.2 Å². The quantitative estimate of drug-likeness (QED) is 0.627. The molecule has 108 valence electrons. The topological polar surface area (TPSA) is 52.1 Å². The van der Waals surface area contributed by atoms with Gasteiger partial charge in [0.2, 0.25) is 0 Å². The van der Waals surface area contributed by atoms with E-state index in [1.54, 1.807) is 24.6 Å². The van der Waals surface area contributed by atoms with Gasteiger partial charge in [0.1, 0.15) is 16.3 Å². The number of hydrogen-bond acceptors (Lipinski definition) is 5. The van der Waals surface area contributed by atoms with Crippen LogP contribution < -0.4 is 0 Å². The van der Waals surface area contributed by atoms with Gasteiger partial charge in [-0.3, -0.25) is 4.79 Å². The number of ether oxygens (including phenoxy) is 1. The molecular formula is C14H17ClN2O2S. The molecule has 0 aliphatic heterocycles. The lowest BCUT2D eigenvalue weighted by molar-refractivity contribution is -0.128. The van der Waals surface area contributed by atoms with E-state index in [-0.39, 0.29) is 0 Å². The Bertz CT molecular complexity index is 600. The van der Waals surface area contributed by atoms with Gasteiger partial charge in [-0.15, -0.1) is 11.3 Å². The Kier molecular flexibility index (Phi) is 5.31. The van der Waals surface area contributed by atoms with Gasteiger partial charge in [-0.1, -0.05) is 18.5 Å². The molecule has 1 atom stereocenters. The zero-order valence-electron chi connectivity index (χ0n) is 11.6. The highest BCUT2D eigenvalue weighted by molar-refractivity contribution is 7.19. The number of halogens is 1. The van der Waals surface area contributed by atoms with E-state index in [9.17, 15) is 4.79 Å². The van der Waals surface area contributed by atoms with Crippen LogP contribution in [0.25, 0.3) is 10.2 Å². The van der Waals surface area contributed by atoms with Crippen molar-refractivity contribution >= 4 is 39.6 Å². The normalized spacial score (nSPS) is 17.1. The minimum absolute atomic E-state index is 0.431. The van der Waals surface area contributed by atoms with Crippen molar-refractivity contribution in [2.75, 3.05) is 6.61 Å². The molecule has 4 nitrogen and oxygen atoms in total. The summed E-state index contributed by atoms with van der Waals surface area (Å²) in [5.41, 5.74) is 1.40. The van der Waals surface area contributed by atoms with Gasteiger partial charge >= 0.3 is 0 Å². The molecule has 20 heavy (non-hydrogen) atoms.